The first-order valence-corrected chi connectivity index (χ1v) is 8.16. The molecular formula is C18H27ClN2O3. The molecule has 2 atom stereocenters. The summed E-state index contributed by atoms with van der Waals surface area (Å²) in [5.41, 5.74) is 6.51. The summed E-state index contributed by atoms with van der Waals surface area (Å²) in [6.07, 6.45) is 1.42. The lowest BCUT2D eigenvalue weighted by Gasteiger charge is -2.33. The highest BCUT2D eigenvalue weighted by atomic mass is 35.5. The predicted molar refractivity (Wildman–Crippen MR) is 96.7 cm³/mol. The van der Waals surface area contributed by atoms with Crippen LogP contribution >= 0.6 is 12.4 Å². The van der Waals surface area contributed by atoms with E-state index in [1.165, 1.54) is 0 Å². The van der Waals surface area contributed by atoms with Gasteiger partial charge in [-0.2, -0.15) is 0 Å². The first-order chi connectivity index (χ1) is 10.9. The van der Waals surface area contributed by atoms with Crippen molar-refractivity contribution in [1.29, 1.82) is 0 Å². The molecule has 1 aliphatic heterocycles. The molecule has 1 saturated heterocycles. The van der Waals surface area contributed by atoms with Gasteiger partial charge in [0.2, 0.25) is 5.91 Å². The first kappa shape index (κ1) is 20.5. The minimum atomic E-state index is -0.177. The Morgan fingerprint density at radius 3 is 2.17 bits per heavy atom. The van der Waals surface area contributed by atoms with Crippen LogP contribution in [0.2, 0.25) is 0 Å². The number of hydrogen-bond acceptors (Lipinski definition) is 4. The maximum Gasteiger partial charge on any atom is 0.226 e. The number of rotatable bonds is 5. The van der Waals surface area contributed by atoms with Crippen molar-refractivity contribution in [2.75, 3.05) is 20.2 Å². The number of piperidine rings is 1. The Labute approximate surface area is 149 Å². The molecule has 0 radical (unpaired) electrons. The Hall–Kier alpha value is -1.59. The second-order valence-electron chi connectivity index (χ2n) is 6.34. The van der Waals surface area contributed by atoms with E-state index in [1.807, 2.05) is 18.7 Å². The van der Waals surface area contributed by atoms with Crippen molar-refractivity contribution in [3.05, 3.63) is 29.8 Å². The molecule has 0 aliphatic carbocycles. The third kappa shape index (κ3) is 4.71. The minimum absolute atomic E-state index is 0. The average Bonchev–Trinajstić information content (AvgIpc) is 2.60. The number of nitrogens with two attached hydrogens (primary N) is 1. The van der Waals surface area contributed by atoms with Crippen molar-refractivity contribution in [2.24, 2.45) is 17.6 Å². The highest BCUT2D eigenvalue weighted by molar-refractivity contribution is 5.98. The normalized spacial score (nSPS) is 17.6. The standard InChI is InChI=1S/C18H26N2O3.ClH/c1-12(13(2)19)18(22)20-10-8-15(9-11-20)17(21)14-4-6-16(23-3)7-5-14;/h4-7,12-13,15H,8-11,19H2,1-3H3;1H. The van der Waals surface area contributed by atoms with Crippen molar-refractivity contribution in [2.45, 2.75) is 32.7 Å². The monoisotopic (exact) mass is 354 g/mol. The quantitative estimate of drug-likeness (QED) is 0.825. The van der Waals surface area contributed by atoms with E-state index in [0.29, 0.717) is 31.5 Å². The molecule has 1 amide bonds. The molecule has 134 valence electrons. The van der Waals surface area contributed by atoms with Gasteiger partial charge in [-0.15, -0.1) is 12.4 Å². The van der Waals surface area contributed by atoms with E-state index in [2.05, 4.69) is 0 Å². The molecule has 1 heterocycles. The van der Waals surface area contributed by atoms with E-state index in [4.69, 9.17) is 10.5 Å². The van der Waals surface area contributed by atoms with E-state index < -0.39 is 0 Å². The second-order valence-corrected chi connectivity index (χ2v) is 6.34. The Balaban J connectivity index is 0.00000288. The molecule has 1 aromatic carbocycles. The number of amides is 1. The van der Waals surface area contributed by atoms with Gasteiger partial charge in [-0.1, -0.05) is 6.92 Å². The van der Waals surface area contributed by atoms with E-state index >= 15 is 0 Å². The lowest BCUT2D eigenvalue weighted by Crippen LogP contribution is -2.46. The van der Waals surface area contributed by atoms with E-state index in [-0.39, 0.29) is 42.0 Å². The second kappa shape index (κ2) is 9.04. The molecule has 1 aromatic rings. The molecule has 2 rings (SSSR count). The smallest absolute Gasteiger partial charge is 0.226 e. The van der Waals surface area contributed by atoms with Gasteiger partial charge in [0.1, 0.15) is 5.75 Å². The number of hydrogen-bond donors (Lipinski definition) is 1. The lowest BCUT2D eigenvalue weighted by atomic mass is 9.88. The number of methoxy groups -OCH3 is 1. The summed E-state index contributed by atoms with van der Waals surface area (Å²) < 4.78 is 5.11. The summed E-state index contributed by atoms with van der Waals surface area (Å²) in [6, 6.07) is 7.06. The van der Waals surface area contributed by atoms with Gasteiger partial charge < -0.3 is 15.4 Å². The molecule has 0 saturated carbocycles. The minimum Gasteiger partial charge on any atom is -0.497 e. The molecule has 5 nitrogen and oxygen atoms in total. The SMILES string of the molecule is COc1ccc(C(=O)C2CCN(C(=O)C(C)C(C)N)CC2)cc1.Cl. The fourth-order valence-electron chi connectivity index (χ4n) is 2.87. The first-order valence-electron chi connectivity index (χ1n) is 8.16. The van der Waals surface area contributed by atoms with Gasteiger partial charge in [0.05, 0.1) is 13.0 Å². The van der Waals surface area contributed by atoms with Crippen LogP contribution in [0, 0.1) is 11.8 Å². The fourth-order valence-corrected chi connectivity index (χ4v) is 2.87. The van der Waals surface area contributed by atoms with E-state index in [9.17, 15) is 9.59 Å². The van der Waals surface area contributed by atoms with Gasteiger partial charge in [-0.25, -0.2) is 0 Å². The predicted octanol–water partition coefficient (Wildman–Crippen LogP) is 2.52. The maximum absolute atomic E-state index is 12.6. The largest absolute Gasteiger partial charge is 0.497 e. The third-order valence-corrected chi connectivity index (χ3v) is 4.73. The van der Waals surface area contributed by atoms with Crippen LogP contribution in [0.25, 0.3) is 0 Å². The Morgan fingerprint density at radius 2 is 1.71 bits per heavy atom. The maximum atomic E-state index is 12.6. The van der Waals surface area contributed by atoms with Crippen LogP contribution in [0.5, 0.6) is 5.75 Å². The number of likely N-dealkylation sites (tertiary alicyclic amines) is 1. The molecule has 0 spiro atoms. The molecule has 6 heteroatoms. The van der Waals surface area contributed by atoms with Crippen molar-refractivity contribution < 1.29 is 14.3 Å². The summed E-state index contributed by atoms with van der Waals surface area (Å²) >= 11 is 0. The number of halogens is 1. The number of ether oxygens (including phenoxy) is 1. The number of benzene rings is 1. The summed E-state index contributed by atoms with van der Waals surface area (Å²) in [4.78, 5) is 26.7. The average molecular weight is 355 g/mol. The highest BCUT2D eigenvalue weighted by Gasteiger charge is 2.30. The number of carbonyl (C=O) groups excluding carboxylic acids is 2. The van der Waals surface area contributed by atoms with Crippen LogP contribution in [0.4, 0.5) is 0 Å². The lowest BCUT2D eigenvalue weighted by molar-refractivity contribution is -0.136. The van der Waals surface area contributed by atoms with Gasteiger partial charge in [-0.05, 0) is 44.0 Å². The van der Waals surface area contributed by atoms with Crippen molar-refractivity contribution >= 4 is 24.1 Å². The number of Topliss-reactive ketones (excluding diaryl/α,β-unsaturated/α-hetero) is 1. The summed E-state index contributed by atoms with van der Waals surface area (Å²) in [5, 5.41) is 0. The topological polar surface area (TPSA) is 72.6 Å². The van der Waals surface area contributed by atoms with Crippen LogP contribution in [-0.2, 0) is 4.79 Å². The molecular weight excluding hydrogens is 328 g/mol. The molecule has 0 aromatic heterocycles. The summed E-state index contributed by atoms with van der Waals surface area (Å²) in [6.45, 7) is 4.97. The van der Waals surface area contributed by atoms with Gasteiger partial charge >= 0.3 is 0 Å². The summed E-state index contributed by atoms with van der Waals surface area (Å²) in [5.74, 6) is 0.795. The van der Waals surface area contributed by atoms with Gasteiger partial charge in [-0.3, -0.25) is 9.59 Å². The van der Waals surface area contributed by atoms with Crippen LogP contribution < -0.4 is 10.5 Å². The van der Waals surface area contributed by atoms with Crippen molar-refractivity contribution in [1.82, 2.24) is 4.90 Å². The third-order valence-electron chi connectivity index (χ3n) is 4.73. The van der Waals surface area contributed by atoms with Crippen LogP contribution in [0.3, 0.4) is 0 Å². The van der Waals surface area contributed by atoms with Gasteiger partial charge in [0.15, 0.2) is 5.78 Å². The number of ketones is 1. The zero-order valence-electron chi connectivity index (χ0n) is 14.5. The summed E-state index contributed by atoms with van der Waals surface area (Å²) in [7, 11) is 1.60. The van der Waals surface area contributed by atoms with Crippen molar-refractivity contribution in [3.63, 3.8) is 0 Å². The zero-order chi connectivity index (χ0) is 17.0. The fraction of sp³-hybridized carbons (Fsp3) is 0.556. The van der Waals surface area contributed by atoms with Crippen LogP contribution in [-0.4, -0.2) is 42.8 Å². The van der Waals surface area contributed by atoms with Gasteiger partial charge in [0, 0.05) is 30.6 Å². The van der Waals surface area contributed by atoms with Crippen molar-refractivity contribution in [3.8, 4) is 5.75 Å². The Morgan fingerprint density at radius 1 is 1.17 bits per heavy atom. The zero-order valence-corrected chi connectivity index (χ0v) is 15.3. The van der Waals surface area contributed by atoms with Gasteiger partial charge in [0.25, 0.3) is 0 Å². The van der Waals surface area contributed by atoms with Crippen LogP contribution in [0.15, 0.2) is 24.3 Å². The number of carbonyl (C=O) groups is 2. The Bertz CT molecular complexity index is 552. The van der Waals surface area contributed by atoms with E-state index in [0.717, 1.165) is 5.75 Å². The molecule has 1 fully saturated rings. The molecule has 24 heavy (non-hydrogen) atoms. The molecule has 1 aliphatic rings. The molecule has 0 bridgehead atoms. The van der Waals surface area contributed by atoms with E-state index in [1.54, 1.807) is 31.4 Å². The highest BCUT2D eigenvalue weighted by Crippen LogP contribution is 2.24. The molecule has 2 N–H and O–H groups in total. The number of nitrogens with zero attached hydrogens (tertiary/aromatic N) is 1. The van der Waals surface area contributed by atoms with Crippen LogP contribution in [0.1, 0.15) is 37.0 Å². The molecule has 2 unspecified atom stereocenters. The Kier molecular flexibility index (Phi) is 7.70.